The minimum absolute atomic E-state index is 0.340. The average molecular weight is 325 g/mol. The maximum absolute atomic E-state index is 11.8. The Morgan fingerprint density at radius 2 is 2.12 bits per heavy atom. The Balaban J connectivity index is 1.94. The van der Waals surface area contributed by atoms with Gasteiger partial charge >= 0.3 is 5.97 Å². The van der Waals surface area contributed by atoms with Crippen LogP contribution in [0, 0.1) is 5.92 Å². The number of hydrogen-bond donors (Lipinski definition) is 0. The zero-order valence-electron chi connectivity index (χ0n) is 14.9. The Hall–Kier alpha value is -2.16. The highest BCUT2D eigenvalue weighted by atomic mass is 16.5. The molecule has 128 valence electrons. The number of hydrogen-bond acceptors (Lipinski definition) is 3. The van der Waals surface area contributed by atoms with E-state index in [0.29, 0.717) is 17.2 Å². The van der Waals surface area contributed by atoms with Crippen LogP contribution >= 0.6 is 0 Å². The molecule has 1 unspecified atom stereocenters. The van der Waals surface area contributed by atoms with Gasteiger partial charge < -0.3 is 4.74 Å². The number of nitrogens with zero attached hydrogens (tertiary/aromatic N) is 1. The highest BCUT2D eigenvalue weighted by Crippen LogP contribution is 2.27. The third-order valence-corrected chi connectivity index (χ3v) is 4.30. The van der Waals surface area contributed by atoms with Gasteiger partial charge in [0.2, 0.25) is 0 Å². The van der Waals surface area contributed by atoms with Gasteiger partial charge in [0.1, 0.15) is 0 Å². The predicted molar refractivity (Wildman–Crippen MR) is 100 cm³/mol. The summed E-state index contributed by atoms with van der Waals surface area (Å²) in [6, 6.07) is 7.32. The van der Waals surface area contributed by atoms with E-state index in [9.17, 15) is 4.79 Å². The summed E-state index contributed by atoms with van der Waals surface area (Å²) in [7, 11) is 1.39. The highest BCUT2D eigenvalue weighted by Gasteiger charge is 2.14. The molecule has 1 aromatic rings. The summed E-state index contributed by atoms with van der Waals surface area (Å²) in [6.07, 6.45) is 12.3. The van der Waals surface area contributed by atoms with Crippen LogP contribution in [-0.4, -0.2) is 19.3 Å². The summed E-state index contributed by atoms with van der Waals surface area (Å²) < 4.78 is 4.81. The van der Waals surface area contributed by atoms with Crippen LogP contribution in [0.15, 0.2) is 52.6 Å². The second-order valence-corrected chi connectivity index (χ2v) is 6.50. The number of carbonyl (C=O) groups excluding carboxylic acids is 1. The van der Waals surface area contributed by atoms with Crippen LogP contribution in [0.3, 0.4) is 0 Å². The third kappa shape index (κ3) is 5.48. The first kappa shape index (κ1) is 18.2. The molecule has 2 rings (SSSR count). The third-order valence-electron chi connectivity index (χ3n) is 4.30. The normalized spacial score (nSPS) is 17.5. The maximum Gasteiger partial charge on any atom is 0.340 e. The quantitative estimate of drug-likeness (QED) is 0.385. The van der Waals surface area contributed by atoms with Gasteiger partial charge in [-0.1, -0.05) is 35.4 Å². The first-order valence-corrected chi connectivity index (χ1v) is 8.63. The second kappa shape index (κ2) is 9.21. The van der Waals surface area contributed by atoms with Crippen LogP contribution in [0.4, 0.5) is 5.69 Å². The fourth-order valence-electron chi connectivity index (χ4n) is 2.87. The Labute approximate surface area is 145 Å². The summed E-state index contributed by atoms with van der Waals surface area (Å²) >= 11 is 0. The Bertz CT molecular complexity index is 652. The van der Waals surface area contributed by atoms with Crippen molar-refractivity contribution in [2.75, 3.05) is 7.11 Å². The molecule has 0 aromatic heterocycles. The smallest absolute Gasteiger partial charge is 0.340 e. The lowest BCUT2D eigenvalue weighted by molar-refractivity contribution is 0.0601. The number of esters is 1. The molecule has 0 aliphatic heterocycles. The van der Waals surface area contributed by atoms with Gasteiger partial charge in [0.15, 0.2) is 0 Å². The van der Waals surface area contributed by atoms with Gasteiger partial charge in [-0.2, -0.15) is 0 Å². The maximum atomic E-state index is 11.8. The molecule has 1 aromatic carbocycles. The molecule has 0 radical (unpaired) electrons. The number of methoxy groups -OCH3 is 1. The zero-order chi connectivity index (χ0) is 17.4. The largest absolute Gasteiger partial charge is 0.465 e. The number of aliphatic imine (C=N–C) groups is 1. The molecule has 1 aliphatic carbocycles. The molecule has 1 atom stereocenters. The first-order chi connectivity index (χ1) is 11.6. The van der Waals surface area contributed by atoms with E-state index in [1.54, 1.807) is 11.6 Å². The Morgan fingerprint density at radius 1 is 1.33 bits per heavy atom. The van der Waals surface area contributed by atoms with E-state index >= 15 is 0 Å². The van der Waals surface area contributed by atoms with Crippen LogP contribution in [0.5, 0.6) is 0 Å². The SMILES string of the molecule is COC(=O)c1ccccc1N=CC1CC=C(CCC=C(C)C)CC1. The van der Waals surface area contributed by atoms with Crippen molar-refractivity contribution in [3.05, 3.63) is 53.1 Å². The molecule has 3 heteroatoms. The number of para-hydroxylation sites is 1. The van der Waals surface area contributed by atoms with Crippen molar-refractivity contribution < 1.29 is 9.53 Å². The summed E-state index contributed by atoms with van der Waals surface area (Å²) in [5.74, 6) is 0.107. The molecular formula is C21H27NO2. The van der Waals surface area contributed by atoms with Crippen LogP contribution in [0.2, 0.25) is 0 Å². The van der Waals surface area contributed by atoms with Crippen LogP contribution in [0.1, 0.15) is 56.3 Å². The molecule has 3 nitrogen and oxygen atoms in total. The van der Waals surface area contributed by atoms with Crippen LogP contribution in [-0.2, 0) is 4.74 Å². The van der Waals surface area contributed by atoms with Crippen molar-refractivity contribution in [3.8, 4) is 0 Å². The Kier molecular flexibility index (Phi) is 6.98. The highest BCUT2D eigenvalue weighted by molar-refractivity contribution is 5.95. The van der Waals surface area contributed by atoms with E-state index in [4.69, 9.17) is 4.74 Å². The van der Waals surface area contributed by atoms with Crippen molar-refractivity contribution in [1.29, 1.82) is 0 Å². The zero-order valence-corrected chi connectivity index (χ0v) is 14.9. The van der Waals surface area contributed by atoms with Gasteiger partial charge in [0.05, 0.1) is 18.4 Å². The molecule has 0 spiro atoms. The van der Waals surface area contributed by atoms with Crippen molar-refractivity contribution >= 4 is 17.9 Å². The molecule has 0 saturated heterocycles. The predicted octanol–water partition coefficient (Wildman–Crippen LogP) is 5.65. The van der Waals surface area contributed by atoms with Crippen molar-refractivity contribution in [1.82, 2.24) is 0 Å². The standard InChI is InChI=1S/C21H27NO2/c1-16(2)7-6-8-17-11-13-18(14-12-17)15-22-20-10-5-4-9-19(20)21(23)24-3/h4-5,7,9-11,15,18H,6,8,12-14H2,1-3H3. The summed E-state index contributed by atoms with van der Waals surface area (Å²) in [5.41, 5.74) is 4.15. The van der Waals surface area contributed by atoms with Gasteiger partial charge in [-0.05, 0) is 64.0 Å². The fraction of sp³-hybridized carbons (Fsp3) is 0.429. The molecule has 0 fully saturated rings. The van der Waals surface area contributed by atoms with Crippen LogP contribution < -0.4 is 0 Å². The molecular weight excluding hydrogens is 298 g/mol. The van der Waals surface area contributed by atoms with Crippen molar-refractivity contribution in [2.45, 2.75) is 46.0 Å². The molecule has 1 aliphatic rings. The molecule has 0 N–H and O–H groups in total. The van der Waals surface area contributed by atoms with E-state index in [0.717, 1.165) is 25.7 Å². The number of ether oxygens (including phenoxy) is 1. The van der Waals surface area contributed by atoms with E-state index in [-0.39, 0.29) is 5.97 Å². The van der Waals surface area contributed by atoms with E-state index in [1.807, 2.05) is 24.4 Å². The van der Waals surface area contributed by atoms with Gasteiger partial charge in [0.25, 0.3) is 0 Å². The van der Waals surface area contributed by atoms with Gasteiger partial charge in [-0.25, -0.2) is 4.79 Å². The fourth-order valence-corrected chi connectivity index (χ4v) is 2.87. The summed E-state index contributed by atoms with van der Waals surface area (Å²) in [5, 5.41) is 0. The number of carbonyl (C=O) groups is 1. The van der Waals surface area contributed by atoms with Gasteiger partial charge in [-0.15, -0.1) is 0 Å². The minimum atomic E-state index is -0.340. The molecule has 0 saturated carbocycles. The van der Waals surface area contributed by atoms with Crippen molar-refractivity contribution in [3.63, 3.8) is 0 Å². The molecule has 0 bridgehead atoms. The molecule has 24 heavy (non-hydrogen) atoms. The lowest BCUT2D eigenvalue weighted by Gasteiger charge is -2.18. The van der Waals surface area contributed by atoms with Gasteiger partial charge in [0, 0.05) is 6.21 Å². The summed E-state index contributed by atoms with van der Waals surface area (Å²) in [4.78, 5) is 16.3. The van der Waals surface area contributed by atoms with Crippen LogP contribution in [0.25, 0.3) is 0 Å². The topological polar surface area (TPSA) is 38.7 Å². The minimum Gasteiger partial charge on any atom is -0.465 e. The Morgan fingerprint density at radius 3 is 2.79 bits per heavy atom. The number of rotatable bonds is 6. The second-order valence-electron chi connectivity index (χ2n) is 6.50. The van der Waals surface area contributed by atoms with Crippen molar-refractivity contribution in [2.24, 2.45) is 10.9 Å². The van der Waals surface area contributed by atoms with Gasteiger partial charge in [-0.3, -0.25) is 4.99 Å². The summed E-state index contributed by atoms with van der Waals surface area (Å²) in [6.45, 7) is 4.29. The lowest BCUT2D eigenvalue weighted by Crippen LogP contribution is -2.07. The van der Waals surface area contributed by atoms with E-state index in [2.05, 4.69) is 31.0 Å². The number of benzene rings is 1. The first-order valence-electron chi connectivity index (χ1n) is 8.63. The molecule has 0 heterocycles. The van der Waals surface area contributed by atoms with E-state index in [1.165, 1.54) is 19.1 Å². The average Bonchev–Trinajstić information content (AvgIpc) is 2.60. The molecule has 0 amide bonds. The lowest BCUT2D eigenvalue weighted by atomic mass is 9.88. The number of allylic oxidation sites excluding steroid dienone is 4. The van der Waals surface area contributed by atoms with E-state index < -0.39 is 0 Å². The monoisotopic (exact) mass is 325 g/mol.